The quantitative estimate of drug-likeness (QED) is 0.581. The first-order valence-electron chi connectivity index (χ1n) is 6.65. The highest BCUT2D eigenvalue weighted by Crippen LogP contribution is 2.33. The van der Waals surface area contributed by atoms with Crippen LogP contribution in [0.1, 0.15) is 16.1 Å². The van der Waals surface area contributed by atoms with Gasteiger partial charge in [0.15, 0.2) is 5.69 Å². The maximum atomic E-state index is 13.4. The Hall–Kier alpha value is -2.23. The van der Waals surface area contributed by atoms with Gasteiger partial charge in [-0.2, -0.15) is 18.3 Å². The molecule has 0 fully saturated rings. The van der Waals surface area contributed by atoms with Gasteiger partial charge in [0.1, 0.15) is 9.52 Å². The number of para-hydroxylation sites is 1. The predicted octanol–water partition coefficient (Wildman–Crippen LogP) is 3.54. The molecule has 26 heavy (non-hydrogen) atoms. The van der Waals surface area contributed by atoms with Crippen molar-refractivity contribution in [3.8, 4) is 5.69 Å². The highest BCUT2D eigenvalue weighted by atomic mass is 35.5. The second kappa shape index (κ2) is 7.98. The van der Waals surface area contributed by atoms with Crippen molar-refractivity contribution < 1.29 is 22.8 Å². The molecule has 2 aromatic rings. The van der Waals surface area contributed by atoms with Crippen LogP contribution in [0.4, 0.5) is 13.2 Å². The number of carbonyl (C=O) groups excluding carboxylic acids is 2. The van der Waals surface area contributed by atoms with Gasteiger partial charge in [0.25, 0.3) is 11.8 Å². The zero-order valence-electron chi connectivity index (χ0n) is 12.4. The molecule has 0 atom stereocenters. The average molecular weight is 428 g/mol. The van der Waals surface area contributed by atoms with Crippen molar-refractivity contribution in [1.82, 2.24) is 20.6 Å². The fourth-order valence-electron chi connectivity index (χ4n) is 1.87. The Morgan fingerprint density at radius 3 is 2.19 bits per heavy atom. The summed E-state index contributed by atoms with van der Waals surface area (Å²) >= 11 is 16.0. The average Bonchev–Trinajstić information content (AvgIpc) is 3.05. The highest BCUT2D eigenvalue weighted by Gasteiger charge is 2.40. The molecule has 0 bridgehead atoms. The number of hydrazine groups is 1. The lowest BCUT2D eigenvalue weighted by Gasteiger charge is -2.13. The second-order valence-corrected chi connectivity index (χ2v) is 5.96. The van der Waals surface area contributed by atoms with Crippen LogP contribution in [0.3, 0.4) is 0 Å². The van der Waals surface area contributed by atoms with Crippen molar-refractivity contribution in [2.24, 2.45) is 0 Å². The number of amides is 2. The summed E-state index contributed by atoms with van der Waals surface area (Å²) in [6, 6.07) is 7.42. The van der Waals surface area contributed by atoms with E-state index in [-0.39, 0.29) is 5.69 Å². The van der Waals surface area contributed by atoms with Crippen LogP contribution >= 0.6 is 34.8 Å². The zero-order chi connectivity index (χ0) is 19.5. The Kier molecular flexibility index (Phi) is 6.17. The minimum absolute atomic E-state index is 0.0998. The third kappa shape index (κ3) is 4.48. The van der Waals surface area contributed by atoms with Crippen LogP contribution in [0.25, 0.3) is 5.69 Å². The molecule has 0 saturated carbocycles. The lowest BCUT2D eigenvalue weighted by atomic mass is 10.2. The molecule has 0 aliphatic carbocycles. The molecule has 0 aliphatic heterocycles. The van der Waals surface area contributed by atoms with E-state index in [1.807, 2.05) is 0 Å². The molecule has 12 heteroatoms. The van der Waals surface area contributed by atoms with Crippen LogP contribution < -0.4 is 10.9 Å². The van der Waals surface area contributed by atoms with Crippen LogP contribution in [-0.4, -0.2) is 21.6 Å². The van der Waals surface area contributed by atoms with Gasteiger partial charge in [-0.1, -0.05) is 53.0 Å². The minimum atomic E-state index is -4.89. The van der Waals surface area contributed by atoms with E-state index in [4.69, 9.17) is 34.8 Å². The first-order chi connectivity index (χ1) is 12.1. The first-order valence-corrected chi connectivity index (χ1v) is 7.78. The topological polar surface area (TPSA) is 76.0 Å². The van der Waals surface area contributed by atoms with Gasteiger partial charge >= 0.3 is 6.18 Å². The van der Waals surface area contributed by atoms with E-state index in [0.717, 1.165) is 6.20 Å². The summed E-state index contributed by atoms with van der Waals surface area (Å²) in [5.74, 6) is -2.37. The molecule has 1 aromatic carbocycles. The first kappa shape index (κ1) is 20.1. The third-order valence-electron chi connectivity index (χ3n) is 2.94. The summed E-state index contributed by atoms with van der Waals surface area (Å²) in [6.45, 7) is 0. The fourth-order valence-corrected chi connectivity index (χ4v) is 2.09. The van der Waals surface area contributed by atoms with Crippen LogP contribution in [0.15, 0.2) is 46.1 Å². The van der Waals surface area contributed by atoms with Gasteiger partial charge in [-0.15, -0.1) is 0 Å². The number of benzene rings is 1. The molecule has 2 amide bonds. The molecule has 6 nitrogen and oxygen atoms in total. The molecule has 2 rings (SSSR count). The van der Waals surface area contributed by atoms with E-state index in [9.17, 15) is 22.8 Å². The van der Waals surface area contributed by atoms with Gasteiger partial charge < -0.3 is 0 Å². The Bertz CT molecular complexity index is 862. The van der Waals surface area contributed by atoms with Crippen molar-refractivity contribution in [3.63, 3.8) is 0 Å². The molecule has 0 spiro atoms. The summed E-state index contributed by atoms with van der Waals surface area (Å²) in [5, 5.41) is 2.96. The minimum Gasteiger partial charge on any atom is -0.267 e. The van der Waals surface area contributed by atoms with Crippen LogP contribution in [0, 0.1) is 0 Å². The maximum Gasteiger partial charge on any atom is 0.434 e. The van der Waals surface area contributed by atoms with Crippen LogP contribution in [0.2, 0.25) is 0 Å². The van der Waals surface area contributed by atoms with Crippen molar-refractivity contribution in [1.29, 1.82) is 0 Å². The largest absolute Gasteiger partial charge is 0.434 e. The summed E-state index contributed by atoms with van der Waals surface area (Å²) in [5.41, 5.74) is 1.55. The Balaban J connectivity index is 2.32. The Morgan fingerprint density at radius 2 is 1.65 bits per heavy atom. The molecule has 0 aliphatic rings. The lowest BCUT2D eigenvalue weighted by molar-refractivity contribution is -0.143. The van der Waals surface area contributed by atoms with Gasteiger partial charge in [-0.3, -0.25) is 20.4 Å². The Labute approximate surface area is 159 Å². The number of alkyl halides is 3. The van der Waals surface area contributed by atoms with E-state index in [1.54, 1.807) is 16.9 Å². The van der Waals surface area contributed by atoms with E-state index < -0.39 is 38.8 Å². The Morgan fingerprint density at radius 1 is 1.04 bits per heavy atom. The van der Waals surface area contributed by atoms with Gasteiger partial charge in [0, 0.05) is 0 Å². The van der Waals surface area contributed by atoms with E-state index in [0.29, 0.717) is 4.68 Å². The SMILES string of the molecule is O=C(NNC(=O)c1cnn(-c2ccccc2)c1C(F)(F)F)C(Cl)=C(Cl)Cl. The van der Waals surface area contributed by atoms with E-state index >= 15 is 0 Å². The summed E-state index contributed by atoms with van der Waals surface area (Å²) in [6.07, 6.45) is -4.16. The van der Waals surface area contributed by atoms with Crippen LogP contribution in [-0.2, 0) is 11.0 Å². The molecule has 2 N–H and O–H groups in total. The molecular formula is C14H8Cl3F3N4O2. The number of hydrogen-bond donors (Lipinski definition) is 2. The van der Waals surface area contributed by atoms with Gasteiger partial charge in [-0.25, -0.2) is 4.68 Å². The smallest absolute Gasteiger partial charge is 0.267 e. The number of nitrogens with zero attached hydrogens (tertiary/aromatic N) is 2. The van der Waals surface area contributed by atoms with Crippen molar-refractivity contribution in [3.05, 3.63) is 57.3 Å². The third-order valence-corrected chi connectivity index (χ3v) is 3.87. The van der Waals surface area contributed by atoms with Crippen molar-refractivity contribution >= 4 is 46.6 Å². The van der Waals surface area contributed by atoms with Crippen molar-refractivity contribution in [2.45, 2.75) is 6.18 Å². The molecule has 1 aromatic heterocycles. The predicted molar refractivity (Wildman–Crippen MR) is 88.8 cm³/mol. The molecular weight excluding hydrogens is 420 g/mol. The fraction of sp³-hybridized carbons (Fsp3) is 0.0714. The number of halogens is 6. The van der Waals surface area contributed by atoms with E-state index in [1.165, 1.54) is 24.3 Å². The normalized spacial score (nSPS) is 11.0. The number of hydrogen-bond acceptors (Lipinski definition) is 3. The lowest BCUT2D eigenvalue weighted by Crippen LogP contribution is -2.42. The number of aromatic nitrogens is 2. The maximum absolute atomic E-state index is 13.4. The summed E-state index contributed by atoms with van der Waals surface area (Å²) < 4.78 is 40.3. The monoisotopic (exact) mass is 426 g/mol. The molecule has 0 radical (unpaired) electrons. The highest BCUT2D eigenvalue weighted by molar-refractivity contribution is 6.62. The van der Waals surface area contributed by atoms with Gasteiger partial charge in [0.05, 0.1) is 17.4 Å². The number of rotatable bonds is 3. The standard InChI is InChI=1S/C14H8Cl3F3N4O2/c15-9(11(16)17)13(26)23-22-12(25)8-6-21-24(10(8)14(18,19)20)7-4-2-1-3-5-7/h1-6H,(H,22,25)(H,23,26). The number of nitrogens with one attached hydrogen (secondary N) is 2. The van der Waals surface area contributed by atoms with Crippen molar-refractivity contribution in [2.75, 3.05) is 0 Å². The number of carbonyl (C=O) groups is 2. The summed E-state index contributed by atoms with van der Waals surface area (Å²) in [4.78, 5) is 23.6. The summed E-state index contributed by atoms with van der Waals surface area (Å²) in [7, 11) is 0. The van der Waals surface area contributed by atoms with Crippen LogP contribution in [0.5, 0.6) is 0 Å². The van der Waals surface area contributed by atoms with Gasteiger partial charge in [0.2, 0.25) is 0 Å². The van der Waals surface area contributed by atoms with E-state index in [2.05, 4.69) is 5.10 Å². The molecule has 0 unspecified atom stereocenters. The zero-order valence-corrected chi connectivity index (χ0v) is 14.7. The molecule has 138 valence electrons. The molecule has 0 saturated heterocycles. The second-order valence-electron chi connectivity index (χ2n) is 4.63. The molecule has 1 heterocycles. The van der Waals surface area contributed by atoms with Gasteiger partial charge in [-0.05, 0) is 12.1 Å².